The van der Waals surface area contributed by atoms with E-state index >= 15 is 0 Å². The van der Waals surface area contributed by atoms with Gasteiger partial charge in [0.1, 0.15) is 0 Å². The third-order valence-electron chi connectivity index (χ3n) is 2.44. The van der Waals surface area contributed by atoms with Gasteiger partial charge in [-0.1, -0.05) is 36.4 Å². The second-order valence-electron chi connectivity index (χ2n) is 3.59. The zero-order valence-corrected chi connectivity index (χ0v) is 9.06. The maximum Gasteiger partial charge on any atom is 0.255 e. The Bertz CT molecular complexity index is 655. The highest BCUT2D eigenvalue weighted by molar-refractivity contribution is 5.67. The summed E-state index contributed by atoms with van der Waals surface area (Å²) in [7, 11) is 0. The third-order valence-corrected chi connectivity index (χ3v) is 2.44. The fourth-order valence-electron chi connectivity index (χ4n) is 1.61. The van der Waals surface area contributed by atoms with Crippen molar-refractivity contribution in [2.75, 3.05) is 0 Å². The van der Waals surface area contributed by atoms with Crippen molar-refractivity contribution in [1.82, 2.24) is 19.6 Å². The molecule has 2 aromatic heterocycles. The predicted molar refractivity (Wildman–Crippen MR) is 66.2 cm³/mol. The first-order valence-corrected chi connectivity index (χ1v) is 5.32. The molecule has 0 aliphatic carbocycles. The molecule has 1 aromatic carbocycles. The number of rotatable bonds is 2. The van der Waals surface area contributed by atoms with Crippen LogP contribution in [0.25, 0.3) is 17.9 Å². The lowest BCUT2D eigenvalue weighted by atomic mass is 10.2. The Morgan fingerprint density at radius 1 is 0.941 bits per heavy atom. The molecule has 0 radical (unpaired) electrons. The lowest BCUT2D eigenvalue weighted by molar-refractivity contribution is 1.08. The number of hydrogen-bond donors (Lipinski definition) is 0. The minimum atomic E-state index is 0.611. The first-order valence-electron chi connectivity index (χ1n) is 5.32. The van der Waals surface area contributed by atoms with Crippen molar-refractivity contribution in [3.8, 4) is 0 Å². The highest BCUT2D eigenvalue weighted by Crippen LogP contribution is 2.06. The summed E-state index contributed by atoms with van der Waals surface area (Å²) in [6.07, 6.45) is 7.53. The Hall–Kier alpha value is -2.49. The number of fused-ring (bicyclic) bond motifs is 1. The van der Waals surface area contributed by atoms with E-state index in [0.29, 0.717) is 5.78 Å². The van der Waals surface area contributed by atoms with Crippen LogP contribution in [0.3, 0.4) is 0 Å². The van der Waals surface area contributed by atoms with E-state index in [-0.39, 0.29) is 0 Å². The summed E-state index contributed by atoms with van der Waals surface area (Å²) in [5.41, 5.74) is 1.13. The monoisotopic (exact) mass is 222 g/mol. The van der Waals surface area contributed by atoms with Crippen molar-refractivity contribution >= 4 is 17.9 Å². The lowest BCUT2D eigenvalue weighted by Gasteiger charge is -1.93. The SMILES string of the molecule is C(=Cc1nnc2ncccn12)c1ccccc1. The largest absolute Gasteiger partial charge is 0.267 e. The van der Waals surface area contributed by atoms with E-state index in [1.54, 1.807) is 6.20 Å². The number of benzene rings is 1. The molecule has 0 bridgehead atoms. The first kappa shape index (κ1) is 9.72. The molecule has 0 amide bonds. The second-order valence-corrected chi connectivity index (χ2v) is 3.59. The van der Waals surface area contributed by atoms with Crippen LogP contribution in [0.1, 0.15) is 11.4 Å². The fourth-order valence-corrected chi connectivity index (χ4v) is 1.61. The van der Waals surface area contributed by atoms with Gasteiger partial charge >= 0.3 is 0 Å². The van der Waals surface area contributed by atoms with Crippen LogP contribution in [0.5, 0.6) is 0 Å². The molecule has 3 aromatic rings. The van der Waals surface area contributed by atoms with Gasteiger partial charge in [-0.2, -0.15) is 0 Å². The Labute approximate surface area is 98.3 Å². The van der Waals surface area contributed by atoms with Gasteiger partial charge in [-0.15, -0.1) is 10.2 Å². The minimum Gasteiger partial charge on any atom is -0.267 e. The zero-order valence-electron chi connectivity index (χ0n) is 9.06. The van der Waals surface area contributed by atoms with Gasteiger partial charge in [0.2, 0.25) is 0 Å². The average Bonchev–Trinajstić information content (AvgIpc) is 2.81. The molecule has 0 fully saturated rings. The standard InChI is InChI=1S/C13H10N4/c1-2-5-11(6-3-1)7-8-12-15-16-13-14-9-4-10-17(12)13/h1-10H. The lowest BCUT2D eigenvalue weighted by Crippen LogP contribution is -1.88. The zero-order chi connectivity index (χ0) is 11.5. The normalized spacial score (nSPS) is 11.3. The molecule has 82 valence electrons. The summed E-state index contributed by atoms with van der Waals surface area (Å²) in [6.45, 7) is 0. The molecule has 0 aliphatic rings. The topological polar surface area (TPSA) is 43.1 Å². The van der Waals surface area contributed by atoms with Crippen molar-refractivity contribution in [2.24, 2.45) is 0 Å². The van der Waals surface area contributed by atoms with Crippen LogP contribution in [0, 0.1) is 0 Å². The van der Waals surface area contributed by atoms with Crippen LogP contribution in [0.2, 0.25) is 0 Å². The Morgan fingerprint density at radius 2 is 1.82 bits per heavy atom. The molecule has 4 heteroatoms. The molecule has 0 saturated carbocycles. The third kappa shape index (κ3) is 1.92. The van der Waals surface area contributed by atoms with E-state index in [4.69, 9.17) is 0 Å². The average molecular weight is 222 g/mol. The van der Waals surface area contributed by atoms with Gasteiger partial charge in [0.25, 0.3) is 5.78 Å². The van der Waals surface area contributed by atoms with Crippen molar-refractivity contribution < 1.29 is 0 Å². The molecule has 4 nitrogen and oxygen atoms in total. The van der Waals surface area contributed by atoms with Crippen LogP contribution < -0.4 is 0 Å². The summed E-state index contributed by atoms with van der Waals surface area (Å²) in [5.74, 6) is 1.39. The Kier molecular flexibility index (Phi) is 2.38. The summed E-state index contributed by atoms with van der Waals surface area (Å²) >= 11 is 0. The fraction of sp³-hybridized carbons (Fsp3) is 0. The highest BCUT2D eigenvalue weighted by atomic mass is 15.3. The molecule has 17 heavy (non-hydrogen) atoms. The van der Waals surface area contributed by atoms with E-state index in [1.807, 2.05) is 59.1 Å². The first-order chi connectivity index (χ1) is 8.43. The molecule has 0 atom stereocenters. The van der Waals surface area contributed by atoms with Crippen LogP contribution in [-0.2, 0) is 0 Å². The quantitative estimate of drug-likeness (QED) is 0.668. The maximum absolute atomic E-state index is 4.11. The van der Waals surface area contributed by atoms with Crippen LogP contribution >= 0.6 is 0 Å². The maximum atomic E-state index is 4.11. The number of nitrogens with zero attached hydrogens (tertiary/aromatic N) is 4. The molecular formula is C13H10N4. The van der Waals surface area contributed by atoms with Crippen molar-refractivity contribution in [1.29, 1.82) is 0 Å². The van der Waals surface area contributed by atoms with Crippen molar-refractivity contribution in [2.45, 2.75) is 0 Å². The van der Waals surface area contributed by atoms with Gasteiger partial charge in [0.15, 0.2) is 5.82 Å². The summed E-state index contributed by atoms with van der Waals surface area (Å²) < 4.78 is 1.85. The molecule has 0 unspecified atom stereocenters. The van der Waals surface area contributed by atoms with E-state index in [1.165, 1.54) is 0 Å². The summed E-state index contributed by atoms with van der Waals surface area (Å²) in [6, 6.07) is 11.9. The van der Waals surface area contributed by atoms with Crippen LogP contribution in [-0.4, -0.2) is 19.6 Å². The molecular weight excluding hydrogens is 212 g/mol. The van der Waals surface area contributed by atoms with E-state index in [2.05, 4.69) is 15.2 Å². The Balaban J connectivity index is 1.98. The molecule has 3 rings (SSSR count). The number of aromatic nitrogens is 4. The van der Waals surface area contributed by atoms with E-state index in [9.17, 15) is 0 Å². The van der Waals surface area contributed by atoms with Gasteiger partial charge in [0, 0.05) is 12.4 Å². The van der Waals surface area contributed by atoms with Crippen molar-refractivity contribution in [3.05, 3.63) is 60.2 Å². The van der Waals surface area contributed by atoms with Crippen LogP contribution in [0.4, 0.5) is 0 Å². The van der Waals surface area contributed by atoms with Crippen molar-refractivity contribution in [3.63, 3.8) is 0 Å². The predicted octanol–water partition coefficient (Wildman–Crippen LogP) is 2.29. The van der Waals surface area contributed by atoms with Crippen LogP contribution in [0.15, 0.2) is 48.8 Å². The molecule has 0 saturated heterocycles. The summed E-state index contributed by atoms with van der Waals surface area (Å²) in [5, 5.41) is 8.06. The van der Waals surface area contributed by atoms with Gasteiger partial charge in [-0.3, -0.25) is 4.40 Å². The second kappa shape index (κ2) is 4.17. The van der Waals surface area contributed by atoms with Gasteiger partial charge in [0.05, 0.1) is 0 Å². The molecule has 2 heterocycles. The minimum absolute atomic E-state index is 0.611. The number of hydrogen-bond acceptors (Lipinski definition) is 3. The smallest absolute Gasteiger partial charge is 0.255 e. The van der Waals surface area contributed by atoms with Gasteiger partial charge in [-0.05, 0) is 17.7 Å². The highest BCUT2D eigenvalue weighted by Gasteiger charge is 2.00. The molecule has 0 spiro atoms. The van der Waals surface area contributed by atoms with E-state index in [0.717, 1.165) is 11.4 Å². The Morgan fingerprint density at radius 3 is 2.71 bits per heavy atom. The summed E-state index contributed by atoms with van der Waals surface area (Å²) in [4.78, 5) is 4.11. The molecule has 0 aliphatic heterocycles. The molecule has 0 N–H and O–H groups in total. The van der Waals surface area contributed by atoms with Gasteiger partial charge in [-0.25, -0.2) is 4.98 Å². The van der Waals surface area contributed by atoms with Gasteiger partial charge < -0.3 is 0 Å². The van der Waals surface area contributed by atoms with E-state index < -0.39 is 0 Å².